The first-order valence-electron chi connectivity index (χ1n) is 7.27. The van der Waals surface area contributed by atoms with Gasteiger partial charge in [0.25, 0.3) is 10.0 Å². The number of nitrogens with one attached hydrogen (secondary N) is 2. The topological polar surface area (TPSA) is 84.1 Å². The van der Waals surface area contributed by atoms with Crippen molar-refractivity contribution in [3.63, 3.8) is 0 Å². The molecule has 3 aromatic rings. The summed E-state index contributed by atoms with van der Waals surface area (Å²) in [6.07, 6.45) is 2.58. The second-order valence-corrected chi connectivity index (χ2v) is 6.78. The number of ether oxygens (including phenoxy) is 1. The van der Waals surface area contributed by atoms with Gasteiger partial charge >= 0.3 is 0 Å². The lowest BCUT2D eigenvalue weighted by Crippen LogP contribution is -2.12. The highest BCUT2D eigenvalue weighted by Gasteiger charge is 2.14. The zero-order chi connectivity index (χ0) is 16.3. The number of hydrogen-bond acceptors (Lipinski definition) is 4. The van der Waals surface area contributed by atoms with Crippen molar-refractivity contribution in [2.24, 2.45) is 0 Å². The van der Waals surface area contributed by atoms with Crippen LogP contribution in [-0.2, 0) is 10.0 Å². The maximum Gasteiger partial charge on any atom is 0.261 e. The molecule has 7 heteroatoms. The molecule has 0 saturated heterocycles. The molecule has 0 unspecified atom stereocenters. The van der Waals surface area contributed by atoms with E-state index in [9.17, 15) is 8.42 Å². The number of H-pyrrole nitrogens is 1. The lowest BCUT2D eigenvalue weighted by molar-refractivity contribution is 0.317. The first-order valence-corrected chi connectivity index (χ1v) is 8.75. The Hall–Kier alpha value is -2.54. The van der Waals surface area contributed by atoms with Crippen LogP contribution in [0, 0.1) is 0 Å². The Kier molecular flexibility index (Phi) is 4.20. The Labute approximate surface area is 134 Å². The van der Waals surface area contributed by atoms with Gasteiger partial charge in [0.05, 0.1) is 28.9 Å². The van der Waals surface area contributed by atoms with Crippen molar-refractivity contribution < 1.29 is 13.2 Å². The molecule has 1 aromatic heterocycles. The normalized spacial score (nSPS) is 11.5. The summed E-state index contributed by atoms with van der Waals surface area (Å²) in [7, 11) is -3.64. The van der Waals surface area contributed by atoms with Gasteiger partial charge in [-0.15, -0.1) is 0 Å². The SMILES string of the molecule is CCCOc1ccc(S(=O)(=O)Nc2ccc3cn[nH]c3c2)cc1. The maximum atomic E-state index is 12.4. The van der Waals surface area contributed by atoms with Gasteiger partial charge < -0.3 is 4.74 Å². The summed E-state index contributed by atoms with van der Waals surface area (Å²) in [6, 6.07) is 11.6. The van der Waals surface area contributed by atoms with Crippen LogP contribution in [0.4, 0.5) is 5.69 Å². The monoisotopic (exact) mass is 331 g/mol. The van der Waals surface area contributed by atoms with Crippen molar-refractivity contribution in [1.82, 2.24) is 10.2 Å². The van der Waals surface area contributed by atoms with E-state index >= 15 is 0 Å². The summed E-state index contributed by atoms with van der Waals surface area (Å²) >= 11 is 0. The van der Waals surface area contributed by atoms with E-state index in [1.807, 2.05) is 6.92 Å². The number of nitrogens with zero attached hydrogens (tertiary/aromatic N) is 1. The van der Waals surface area contributed by atoms with E-state index in [1.54, 1.807) is 36.5 Å². The molecule has 2 aromatic carbocycles. The van der Waals surface area contributed by atoms with Crippen molar-refractivity contribution in [3.8, 4) is 5.75 Å². The van der Waals surface area contributed by atoms with Crippen LogP contribution in [0.5, 0.6) is 5.75 Å². The van der Waals surface area contributed by atoms with Gasteiger partial charge in [0.15, 0.2) is 0 Å². The molecule has 0 spiro atoms. The van der Waals surface area contributed by atoms with E-state index < -0.39 is 10.0 Å². The highest BCUT2D eigenvalue weighted by atomic mass is 32.2. The van der Waals surface area contributed by atoms with Crippen molar-refractivity contribution in [2.75, 3.05) is 11.3 Å². The zero-order valence-corrected chi connectivity index (χ0v) is 13.4. The summed E-state index contributed by atoms with van der Waals surface area (Å²) in [6.45, 7) is 2.62. The van der Waals surface area contributed by atoms with Crippen LogP contribution >= 0.6 is 0 Å². The van der Waals surface area contributed by atoms with Gasteiger partial charge in [-0.2, -0.15) is 5.10 Å². The smallest absolute Gasteiger partial charge is 0.261 e. The minimum atomic E-state index is -3.64. The molecule has 0 atom stereocenters. The molecule has 0 radical (unpaired) electrons. The fourth-order valence-electron chi connectivity index (χ4n) is 2.15. The summed E-state index contributed by atoms with van der Waals surface area (Å²) in [5.41, 5.74) is 1.25. The predicted molar refractivity (Wildman–Crippen MR) is 89.1 cm³/mol. The third-order valence-electron chi connectivity index (χ3n) is 3.30. The number of hydrogen-bond donors (Lipinski definition) is 2. The molecule has 0 bridgehead atoms. The van der Waals surface area contributed by atoms with Gasteiger partial charge in [0.1, 0.15) is 5.75 Å². The number of benzene rings is 2. The van der Waals surface area contributed by atoms with Gasteiger partial charge in [0, 0.05) is 5.39 Å². The Morgan fingerprint density at radius 2 is 1.96 bits per heavy atom. The second kappa shape index (κ2) is 6.29. The van der Waals surface area contributed by atoms with E-state index in [4.69, 9.17) is 4.74 Å². The number of sulfonamides is 1. The molecule has 23 heavy (non-hydrogen) atoms. The average molecular weight is 331 g/mol. The summed E-state index contributed by atoms with van der Waals surface area (Å²) in [4.78, 5) is 0.186. The number of anilines is 1. The molecule has 0 aliphatic heterocycles. The Bertz CT molecular complexity index is 902. The molecule has 0 aliphatic carbocycles. The molecule has 0 amide bonds. The van der Waals surface area contributed by atoms with Crippen LogP contribution in [-0.4, -0.2) is 25.2 Å². The third-order valence-corrected chi connectivity index (χ3v) is 4.70. The van der Waals surface area contributed by atoms with E-state index in [0.717, 1.165) is 17.3 Å². The molecule has 3 rings (SSSR count). The Balaban J connectivity index is 1.80. The van der Waals surface area contributed by atoms with E-state index in [1.165, 1.54) is 12.1 Å². The van der Waals surface area contributed by atoms with Gasteiger partial charge in [-0.05, 0) is 48.9 Å². The highest BCUT2D eigenvalue weighted by molar-refractivity contribution is 7.92. The fraction of sp³-hybridized carbons (Fsp3) is 0.188. The van der Waals surface area contributed by atoms with Gasteiger partial charge in [0.2, 0.25) is 0 Å². The Morgan fingerprint density at radius 3 is 2.70 bits per heavy atom. The van der Waals surface area contributed by atoms with E-state index in [2.05, 4.69) is 14.9 Å². The molecule has 0 saturated carbocycles. The highest BCUT2D eigenvalue weighted by Crippen LogP contribution is 2.22. The summed E-state index contributed by atoms with van der Waals surface area (Å²) < 4.78 is 32.9. The first-order chi connectivity index (χ1) is 11.1. The van der Waals surface area contributed by atoms with Crippen LogP contribution in [0.1, 0.15) is 13.3 Å². The van der Waals surface area contributed by atoms with Crippen molar-refractivity contribution in [2.45, 2.75) is 18.2 Å². The van der Waals surface area contributed by atoms with Gasteiger partial charge in [-0.3, -0.25) is 9.82 Å². The quantitative estimate of drug-likeness (QED) is 0.727. The van der Waals surface area contributed by atoms with Crippen molar-refractivity contribution in [3.05, 3.63) is 48.7 Å². The average Bonchev–Trinajstić information content (AvgIpc) is 3.00. The van der Waals surface area contributed by atoms with Crippen LogP contribution in [0.3, 0.4) is 0 Å². The molecule has 0 fully saturated rings. The lowest BCUT2D eigenvalue weighted by Gasteiger charge is -2.09. The molecule has 2 N–H and O–H groups in total. The minimum Gasteiger partial charge on any atom is -0.494 e. The van der Waals surface area contributed by atoms with Crippen LogP contribution in [0.25, 0.3) is 10.9 Å². The number of aromatic amines is 1. The molecule has 1 heterocycles. The van der Waals surface area contributed by atoms with E-state index in [0.29, 0.717) is 18.0 Å². The summed E-state index contributed by atoms with van der Waals surface area (Å²) in [5, 5.41) is 7.65. The standard InChI is InChI=1S/C16H17N3O3S/c1-2-9-22-14-5-7-15(8-6-14)23(20,21)19-13-4-3-12-11-17-18-16(12)10-13/h3-8,10-11,19H,2,9H2,1H3,(H,17,18). The summed E-state index contributed by atoms with van der Waals surface area (Å²) in [5.74, 6) is 0.657. The molecular weight excluding hydrogens is 314 g/mol. The number of aromatic nitrogens is 2. The van der Waals surface area contributed by atoms with Crippen LogP contribution in [0.15, 0.2) is 53.6 Å². The fourth-order valence-corrected chi connectivity index (χ4v) is 3.20. The van der Waals surface area contributed by atoms with Crippen molar-refractivity contribution in [1.29, 1.82) is 0 Å². The second-order valence-electron chi connectivity index (χ2n) is 5.10. The minimum absolute atomic E-state index is 0.186. The van der Waals surface area contributed by atoms with Crippen LogP contribution < -0.4 is 9.46 Å². The molecular formula is C16H17N3O3S. The molecule has 120 valence electrons. The largest absolute Gasteiger partial charge is 0.494 e. The van der Waals surface area contributed by atoms with Crippen LogP contribution in [0.2, 0.25) is 0 Å². The van der Waals surface area contributed by atoms with Crippen molar-refractivity contribution >= 4 is 26.6 Å². The van der Waals surface area contributed by atoms with Gasteiger partial charge in [-0.1, -0.05) is 6.92 Å². The molecule has 0 aliphatic rings. The van der Waals surface area contributed by atoms with Gasteiger partial charge in [-0.25, -0.2) is 8.42 Å². The maximum absolute atomic E-state index is 12.4. The first kappa shape index (κ1) is 15.4. The lowest BCUT2D eigenvalue weighted by atomic mass is 10.2. The number of rotatable bonds is 6. The number of fused-ring (bicyclic) bond motifs is 1. The third kappa shape index (κ3) is 3.45. The Morgan fingerprint density at radius 1 is 1.17 bits per heavy atom. The molecule has 6 nitrogen and oxygen atoms in total. The van der Waals surface area contributed by atoms with E-state index in [-0.39, 0.29) is 4.90 Å². The zero-order valence-electron chi connectivity index (χ0n) is 12.6. The predicted octanol–water partition coefficient (Wildman–Crippen LogP) is 3.15.